The lowest BCUT2D eigenvalue weighted by molar-refractivity contribution is 0.0600. The van der Waals surface area contributed by atoms with E-state index in [-0.39, 0.29) is 5.97 Å². The number of hydrogen-bond acceptors (Lipinski definition) is 3. The second-order valence-corrected chi connectivity index (χ2v) is 5.35. The lowest BCUT2D eigenvalue weighted by Crippen LogP contribution is -2.19. The van der Waals surface area contributed by atoms with Crippen LogP contribution in [0.1, 0.15) is 35.7 Å². The van der Waals surface area contributed by atoms with E-state index in [1.807, 2.05) is 12.1 Å². The smallest absolute Gasteiger partial charge is 0.337 e. The zero-order chi connectivity index (χ0) is 13.5. The van der Waals surface area contributed by atoms with Gasteiger partial charge in [0.05, 0.1) is 12.7 Å². The third-order valence-electron chi connectivity index (χ3n) is 2.72. The Balaban J connectivity index is 2.76. The maximum Gasteiger partial charge on any atom is 0.337 e. The molecule has 0 aliphatic carbocycles. The van der Waals surface area contributed by atoms with Crippen molar-refractivity contribution in [2.24, 2.45) is 0 Å². The molecule has 0 radical (unpaired) electrons. The number of nitrogens with zero attached hydrogens (tertiary/aromatic N) is 1. The predicted molar refractivity (Wildman–Crippen MR) is 76.7 cm³/mol. The van der Waals surface area contributed by atoms with Gasteiger partial charge < -0.3 is 9.64 Å². The molecule has 100 valence electrons. The molecule has 0 aliphatic rings. The van der Waals surface area contributed by atoms with E-state index in [1.54, 1.807) is 6.07 Å². The number of benzene rings is 1. The molecule has 18 heavy (non-hydrogen) atoms. The molecule has 0 saturated heterocycles. The Morgan fingerprint density at radius 2 is 2.11 bits per heavy atom. The van der Waals surface area contributed by atoms with Crippen molar-refractivity contribution in [1.29, 1.82) is 0 Å². The highest BCUT2D eigenvalue weighted by Gasteiger charge is 2.09. The second-order valence-electron chi connectivity index (χ2n) is 4.43. The molecule has 0 fully saturated rings. The summed E-state index contributed by atoms with van der Waals surface area (Å²) in [5.74, 6) is -0.297. The molecule has 0 bridgehead atoms. The minimum absolute atomic E-state index is 0.297. The largest absolute Gasteiger partial charge is 0.465 e. The van der Waals surface area contributed by atoms with E-state index in [1.165, 1.54) is 20.0 Å². The van der Waals surface area contributed by atoms with Gasteiger partial charge in [-0.05, 0) is 43.8 Å². The van der Waals surface area contributed by atoms with Crippen LogP contribution in [0.25, 0.3) is 0 Å². The van der Waals surface area contributed by atoms with Crippen LogP contribution >= 0.6 is 15.9 Å². The van der Waals surface area contributed by atoms with Crippen molar-refractivity contribution in [3.05, 3.63) is 33.8 Å². The Bertz CT molecular complexity index is 407. The van der Waals surface area contributed by atoms with Crippen LogP contribution < -0.4 is 0 Å². The minimum Gasteiger partial charge on any atom is -0.465 e. The standard InChI is InChI=1S/C14H20BrNO2/c1-4-5-6-16(2)10-11-7-12(14(17)18-3)9-13(15)8-11/h7-9H,4-6,10H2,1-3H3. The normalized spacial score (nSPS) is 10.7. The van der Waals surface area contributed by atoms with Crippen LogP contribution in [-0.2, 0) is 11.3 Å². The number of carbonyl (C=O) groups excluding carboxylic acids is 1. The molecule has 0 aliphatic heterocycles. The number of methoxy groups -OCH3 is 1. The quantitative estimate of drug-likeness (QED) is 0.753. The zero-order valence-corrected chi connectivity index (χ0v) is 12.8. The SMILES string of the molecule is CCCCN(C)Cc1cc(Br)cc(C(=O)OC)c1. The van der Waals surface area contributed by atoms with E-state index in [0.29, 0.717) is 5.56 Å². The van der Waals surface area contributed by atoms with Crippen molar-refractivity contribution in [3.63, 3.8) is 0 Å². The van der Waals surface area contributed by atoms with Crippen molar-refractivity contribution >= 4 is 21.9 Å². The number of rotatable bonds is 6. The molecule has 1 rings (SSSR count). The number of halogens is 1. The summed E-state index contributed by atoms with van der Waals surface area (Å²) >= 11 is 3.43. The van der Waals surface area contributed by atoms with Gasteiger partial charge in [-0.15, -0.1) is 0 Å². The van der Waals surface area contributed by atoms with Crippen LogP contribution in [0.2, 0.25) is 0 Å². The van der Waals surface area contributed by atoms with Gasteiger partial charge in [0, 0.05) is 11.0 Å². The Kier molecular flexibility index (Phi) is 6.36. The Morgan fingerprint density at radius 1 is 1.39 bits per heavy atom. The van der Waals surface area contributed by atoms with Gasteiger partial charge in [0.25, 0.3) is 0 Å². The fourth-order valence-electron chi connectivity index (χ4n) is 1.80. The Labute approximate surface area is 117 Å². The summed E-state index contributed by atoms with van der Waals surface area (Å²) in [6.07, 6.45) is 2.38. The van der Waals surface area contributed by atoms with Gasteiger partial charge in [-0.3, -0.25) is 0 Å². The van der Waals surface area contributed by atoms with Crippen LogP contribution in [0, 0.1) is 0 Å². The van der Waals surface area contributed by atoms with Crippen molar-refractivity contribution in [1.82, 2.24) is 4.90 Å². The minimum atomic E-state index is -0.297. The molecule has 0 aromatic heterocycles. The van der Waals surface area contributed by atoms with Gasteiger partial charge in [0.15, 0.2) is 0 Å². The molecular formula is C14H20BrNO2. The molecule has 1 aromatic rings. The molecule has 0 N–H and O–H groups in total. The van der Waals surface area contributed by atoms with Crippen molar-refractivity contribution in [3.8, 4) is 0 Å². The van der Waals surface area contributed by atoms with Crippen molar-refractivity contribution < 1.29 is 9.53 Å². The van der Waals surface area contributed by atoms with Gasteiger partial charge in [-0.2, -0.15) is 0 Å². The van der Waals surface area contributed by atoms with E-state index in [9.17, 15) is 4.79 Å². The summed E-state index contributed by atoms with van der Waals surface area (Å²) < 4.78 is 5.65. The second kappa shape index (κ2) is 7.54. The van der Waals surface area contributed by atoms with E-state index >= 15 is 0 Å². The van der Waals surface area contributed by atoms with Crippen LogP contribution in [0.5, 0.6) is 0 Å². The highest BCUT2D eigenvalue weighted by molar-refractivity contribution is 9.10. The molecular weight excluding hydrogens is 294 g/mol. The zero-order valence-electron chi connectivity index (χ0n) is 11.2. The fraction of sp³-hybridized carbons (Fsp3) is 0.500. The van der Waals surface area contributed by atoms with Crippen LogP contribution in [0.4, 0.5) is 0 Å². The fourth-order valence-corrected chi connectivity index (χ4v) is 2.34. The first-order chi connectivity index (χ1) is 8.56. The summed E-state index contributed by atoms with van der Waals surface area (Å²) in [7, 11) is 3.49. The summed E-state index contributed by atoms with van der Waals surface area (Å²) in [4.78, 5) is 13.8. The number of unbranched alkanes of at least 4 members (excludes halogenated alkanes) is 1. The van der Waals surface area contributed by atoms with Gasteiger partial charge in [-0.25, -0.2) is 4.79 Å². The van der Waals surface area contributed by atoms with Crippen LogP contribution in [0.3, 0.4) is 0 Å². The predicted octanol–water partition coefficient (Wildman–Crippen LogP) is 3.47. The first-order valence-corrected chi connectivity index (χ1v) is 6.92. The lowest BCUT2D eigenvalue weighted by atomic mass is 10.1. The number of esters is 1. The van der Waals surface area contributed by atoms with E-state index in [2.05, 4.69) is 34.8 Å². The average Bonchev–Trinajstić information content (AvgIpc) is 2.34. The Hall–Kier alpha value is -0.870. The molecule has 0 unspecified atom stereocenters. The number of ether oxygens (including phenoxy) is 1. The van der Waals surface area contributed by atoms with Crippen LogP contribution in [0.15, 0.2) is 22.7 Å². The first kappa shape index (κ1) is 15.2. The topological polar surface area (TPSA) is 29.5 Å². The maximum absolute atomic E-state index is 11.5. The highest BCUT2D eigenvalue weighted by Crippen LogP contribution is 2.18. The van der Waals surface area contributed by atoms with E-state index in [4.69, 9.17) is 4.74 Å². The molecule has 0 spiro atoms. The number of carbonyl (C=O) groups is 1. The molecule has 1 aromatic carbocycles. The summed E-state index contributed by atoms with van der Waals surface area (Å²) in [5, 5.41) is 0. The van der Waals surface area contributed by atoms with Gasteiger partial charge in [-0.1, -0.05) is 29.3 Å². The van der Waals surface area contributed by atoms with Crippen molar-refractivity contribution in [2.45, 2.75) is 26.3 Å². The summed E-state index contributed by atoms with van der Waals surface area (Å²) in [6, 6.07) is 5.70. The molecule has 0 saturated carbocycles. The number of hydrogen-bond donors (Lipinski definition) is 0. The lowest BCUT2D eigenvalue weighted by Gasteiger charge is -2.16. The Morgan fingerprint density at radius 3 is 2.72 bits per heavy atom. The summed E-state index contributed by atoms with van der Waals surface area (Å²) in [5.41, 5.74) is 1.70. The van der Waals surface area contributed by atoms with E-state index in [0.717, 1.165) is 23.1 Å². The van der Waals surface area contributed by atoms with Crippen molar-refractivity contribution in [2.75, 3.05) is 20.7 Å². The molecule has 0 heterocycles. The first-order valence-electron chi connectivity index (χ1n) is 6.13. The molecule has 0 amide bonds. The average molecular weight is 314 g/mol. The third-order valence-corrected chi connectivity index (χ3v) is 3.18. The van der Waals surface area contributed by atoms with Crippen LogP contribution in [-0.4, -0.2) is 31.6 Å². The van der Waals surface area contributed by atoms with Gasteiger partial charge >= 0.3 is 5.97 Å². The molecule has 0 atom stereocenters. The maximum atomic E-state index is 11.5. The van der Waals surface area contributed by atoms with Gasteiger partial charge in [0.2, 0.25) is 0 Å². The summed E-state index contributed by atoms with van der Waals surface area (Å²) in [6.45, 7) is 4.09. The molecule has 3 nitrogen and oxygen atoms in total. The van der Waals surface area contributed by atoms with E-state index < -0.39 is 0 Å². The van der Waals surface area contributed by atoms with Gasteiger partial charge in [0.1, 0.15) is 0 Å². The molecule has 4 heteroatoms. The third kappa shape index (κ3) is 4.78. The highest BCUT2D eigenvalue weighted by atomic mass is 79.9. The monoisotopic (exact) mass is 313 g/mol.